The highest BCUT2D eigenvalue weighted by molar-refractivity contribution is 14.1. The van der Waals surface area contributed by atoms with Crippen LogP contribution in [0.4, 0.5) is 0 Å². The van der Waals surface area contributed by atoms with Crippen LogP contribution in [0, 0.1) is 0 Å². The first kappa shape index (κ1) is 8.94. The predicted molar refractivity (Wildman–Crippen MR) is 62.9 cm³/mol. The Morgan fingerprint density at radius 3 is 2.62 bits per heavy atom. The van der Waals surface area contributed by atoms with Crippen molar-refractivity contribution in [3.63, 3.8) is 0 Å². The summed E-state index contributed by atoms with van der Waals surface area (Å²) < 4.78 is 2.76. The van der Waals surface area contributed by atoms with E-state index in [0.29, 0.717) is 4.05 Å². The number of pyridine rings is 1. The van der Waals surface area contributed by atoms with Gasteiger partial charge in [0.1, 0.15) is 0 Å². The first-order valence-corrected chi connectivity index (χ1v) is 5.56. The van der Waals surface area contributed by atoms with Crippen molar-refractivity contribution < 1.29 is 4.57 Å². The van der Waals surface area contributed by atoms with Gasteiger partial charge in [0.15, 0.2) is 6.20 Å². The monoisotopic (exact) mass is 284 g/mol. The summed E-state index contributed by atoms with van der Waals surface area (Å²) in [5.74, 6) is 0. The van der Waals surface area contributed by atoms with Gasteiger partial charge in [-0.2, -0.15) is 4.57 Å². The van der Waals surface area contributed by atoms with Crippen LogP contribution in [-0.2, 0) is 0 Å². The van der Waals surface area contributed by atoms with Gasteiger partial charge in [-0.15, -0.1) is 0 Å². The van der Waals surface area contributed by atoms with E-state index >= 15 is 0 Å². The molecule has 0 spiro atoms. The fraction of sp³-hybridized carbons (Fsp3) is 0.182. The molecule has 0 fully saturated rings. The topological polar surface area (TPSA) is 3.88 Å². The third-order valence-corrected chi connectivity index (χ3v) is 2.72. The summed E-state index contributed by atoms with van der Waals surface area (Å²) in [5, 5.41) is 1.30. The summed E-state index contributed by atoms with van der Waals surface area (Å²) in [6.07, 6.45) is 2.12. The van der Waals surface area contributed by atoms with Gasteiger partial charge in [0.2, 0.25) is 9.57 Å². The molecule has 0 bridgehead atoms. The fourth-order valence-electron chi connectivity index (χ4n) is 1.49. The molecule has 1 atom stereocenters. The van der Waals surface area contributed by atoms with E-state index in [1.807, 2.05) is 0 Å². The average molecular weight is 284 g/mol. The van der Waals surface area contributed by atoms with E-state index in [9.17, 15) is 0 Å². The first-order chi connectivity index (χ1) is 6.29. The second-order valence-electron chi connectivity index (χ2n) is 3.05. The van der Waals surface area contributed by atoms with Crippen LogP contribution in [0.1, 0.15) is 11.0 Å². The molecule has 1 aromatic carbocycles. The van der Waals surface area contributed by atoms with E-state index < -0.39 is 0 Å². The fourth-order valence-corrected chi connectivity index (χ4v) is 1.98. The molecule has 13 heavy (non-hydrogen) atoms. The Labute approximate surface area is 91.5 Å². The number of aromatic nitrogens is 1. The molecule has 0 aliphatic rings. The normalized spacial score (nSPS) is 13.1. The summed E-state index contributed by atoms with van der Waals surface area (Å²) in [4.78, 5) is 0. The number of alkyl halides is 1. The number of benzene rings is 1. The molecule has 2 rings (SSSR count). The molecular weight excluding hydrogens is 273 g/mol. The molecule has 0 saturated heterocycles. The van der Waals surface area contributed by atoms with Crippen LogP contribution >= 0.6 is 22.6 Å². The standard InChI is InChI=1S/C11H11IN/c1-9(12)13-8-4-6-10-5-2-3-7-11(10)13/h2-9H,1H3/q+1. The van der Waals surface area contributed by atoms with E-state index in [2.05, 4.69) is 76.7 Å². The van der Waals surface area contributed by atoms with Gasteiger partial charge >= 0.3 is 0 Å². The van der Waals surface area contributed by atoms with Crippen LogP contribution in [-0.4, -0.2) is 0 Å². The summed E-state index contributed by atoms with van der Waals surface area (Å²) in [6.45, 7) is 2.19. The number of fused-ring (bicyclic) bond motifs is 1. The van der Waals surface area contributed by atoms with Crippen molar-refractivity contribution in [1.82, 2.24) is 0 Å². The van der Waals surface area contributed by atoms with E-state index in [-0.39, 0.29) is 0 Å². The van der Waals surface area contributed by atoms with Gasteiger partial charge in [0.05, 0.1) is 0 Å². The van der Waals surface area contributed by atoms with Gasteiger partial charge in [0, 0.05) is 24.4 Å². The van der Waals surface area contributed by atoms with Crippen molar-refractivity contribution in [2.45, 2.75) is 11.0 Å². The van der Waals surface area contributed by atoms with Crippen molar-refractivity contribution >= 4 is 33.5 Å². The molecule has 2 heteroatoms. The Balaban J connectivity index is 2.76. The summed E-state index contributed by atoms with van der Waals surface area (Å²) in [6, 6.07) is 12.7. The minimum atomic E-state index is 0.490. The van der Waals surface area contributed by atoms with E-state index in [1.54, 1.807) is 0 Å². The zero-order chi connectivity index (χ0) is 9.26. The second kappa shape index (κ2) is 3.62. The Morgan fingerprint density at radius 1 is 1.15 bits per heavy atom. The Bertz CT molecular complexity index is 418. The van der Waals surface area contributed by atoms with Crippen molar-refractivity contribution in [3.05, 3.63) is 42.6 Å². The lowest BCUT2D eigenvalue weighted by molar-refractivity contribution is -0.665. The first-order valence-electron chi connectivity index (χ1n) is 4.32. The van der Waals surface area contributed by atoms with Crippen LogP contribution in [0.5, 0.6) is 0 Å². The molecule has 66 valence electrons. The highest BCUT2D eigenvalue weighted by atomic mass is 127. The van der Waals surface area contributed by atoms with Crippen LogP contribution in [0.15, 0.2) is 42.6 Å². The molecule has 1 heterocycles. The van der Waals surface area contributed by atoms with Crippen molar-refractivity contribution in [3.8, 4) is 0 Å². The largest absolute Gasteiger partial charge is 0.213 e. The number of nitrogens with zero attached hydrogens (tertiary/aromatic N) is 1. The minimum absolute atomic E-state index is 0.490. The Kier molecular flexibility index (Phi) is 2.49. The lowest BCUT2D eigenvalue weighted by Gasteiger charge is -2.01. The van der Waals surface area contributed by atoms with Crippen molar-refractivity contribution in [2.24, 2.45) is 0 Å². The molecule has 1 aromatic heterocycles. The molecule has 2 aromatic rings. The van der Waals surface area contributed by atoms with Crippen molar-refractivity contribution in [1.29, 1.82) is 0 Å². The zero-order valence-corrected chi connectivity index (χ0v) is 9.60. The van der Waals surface area contributed by atoms with Gasteiger partial charge in [-0.05, 0) is 34.7 Å². The van der Waals surface area contributed by atoms with Gasteiger partial charge < -0.3 is 0 Å². The number of para-hydroxylation sites is 1. The molecule has 0 amide bonds. The van der Waals surface area contributed by atoms with Gasteiger partial charge in [-0.3, -0.25) is 0 Å². The summed E-state index contributed by atoms with van der Waals surface area (Å²) in [7, 11) is 0. The van der Waals surface area contributed by atoms with E-state index in [4.69, 9.17) is 0 Å². The summed E-state index contributed by atoms with van der Waals surface area (Å²) >= 11 is 2.42. The lowest BCUT2D eigenvalue weighted by Crippen LogP contribution is -2.34. The maximum Gasteiger partial charge on any atom is 0.213 e. The minimum Gasteiger partial charge on any atom is -0.187 e. The number of hydrogen-bond acceptors (Lipinski definition) is 0. The molecule has 0 N–H and O–H groups in total. The number of hydrogen-bond donors (Lipinski definition) is 0. The maximum atomic E-state index is 2.42. The highest BCUT2D eigenvalue weighted by Crippen LogP contribution is 2.13. The number of rotatable bonds is 1. The molecule has 0 aliphatic heterocycles. The van der Waals surface area contributed by atoms with E-state index in [0.717, 1.165) is 0 Å². The number of halogens is 1. The maximum absolute atomic E-state index is 2.42. The smallest absolute Gasteiger partial charge is 0.187 e. The predicted octanol–water partition coefficient (Wildman–Crippen LogP) is 3.08. The SMILES string of the molecule is CC(I)[n+]1cccc2ccccc21. The highest BCUT2D eigenvalue weighted by Gasteiger charge is 2.11. The molecule has 1 unspecified atom stereocenters. The van der Waals surface area contributed by atoms with Crippen LogP contribution in [0.3, 0.4) is 0 Å². The molecule has 0 aliphatic carbocycles. The van der Waals surface area contributed by atoms with Crippen LogP contribution < -0.4 is 4.57 Å². The Morgan fingerprint density at radius 2 is 1.85 bits per heavy atom. The lowest BCUT2D eigenvalue weighted by atomic mass is 10.2. The van der Waals surface area contributed by atoms with Gasteiger partial charge in [0.25, 0.3) is 0 Å². The quantitative estimate of drug-likeness (QED) is 0.430. The second-order valence-corrected chi connectivity index (χ2v) is 4.85. The van der Waals surface area contributed by atoms with Gasteiger partial charge in [-0.1, -0.05) is 12.1 Å². The molecule has 0 saturated carbocycles. The van der Waals surface area contributed by atoms with Crippen molar-refractivity contribution in [2.75, 3.05) is 0 Å². The summed E-state index contributed by atoms with van der Waals surface area (Å²) in [5.41, 5.74) is 1.30. The Hall–Kier alpha value is -0.640. The zero-order valence-electron chi connectivity index (χ0n) is 7.44. The third kappa shape index (κ3) is 1.68. The van der Waals surface area contributed by atoms with E-state index in [1.165, 1.54) is 10.9 Å². The van der Waals surface area contributed by atoms with Gasteiger partial charge in [-0.25, -0.2) is 0 Å². The molecule has 0 radical (unpaired) electrons. The molecule has 1 nitrogen and oxygen atoms in total. The third-order valence-electron chi connectivity index (χ3n) is 2.12. The van der Waals surface area contributed by atoms with Crippen LogP contribution in [0.25, 0.3) is 10.9 Å². The van der Waals surface area contributed by atoms with Crippen LogP contribution in [0.2, 0.25) is 0 Å². The average Bonchev–Trinajstić information content (AvgIpc) is 2.17. The molecular formula is C11H11IN+.